The molecule has 4 nitrogen and oxygen atoms in total. The number of aromatic nitrogens is 1. The largest absolute Gasteiger partial charge is 0.497 e. The van der Waals surface area contributed by atoms with Crippen molar-refractivity contribution in [3.63, 3.8) is 0 Å². The number of rotatable bonds is 11. The first-order valence-corrected chi connectivity index (χ1v) is 11.6. The summed E-state index contributed by atoms with van der Waals surface area (Å²) in [4.78, 5) is 7.22. The Bertz CT molecular complexity index is 971. The third kappa shape index (κ3) is 6.82. The third-order valence-electron chi connectivity index (χ3n) is 5.64. The average Bonchev–Trinajstić information content (AvgIpc) is 2.79. The number of methoxy groups -OCH3 is 1. The lowest BCUT2D eigenvalue weighted by Gasteiger charge is -2.26. The van der Waals surface area contributed by atoms with Crippen LogP contribution in [0.15, 0.2) is 48.5 Å². The second kappa shape index (κ2) is 13.0. The average molecular weight is 477 g/mol. The van der Waals surface area contributed by atoms with Crippen LogP contribution >= 0.6 is 24.0 Å². The molecular formula is C26H34Cl2N2O2. The predicted molar refractivity (Wildman–Crippen MR) is 137 cm³/mol. The fourth-order valence-corrected chi connectivity index (χ4v) is 3.98. The second-order valence-corrected chi connectivity index (χ2v) is 8.45. The zero-order valence-electron chi connectivity index (χ0n) is 19.2. The smallest absolute Gasteiger partial charge is 0.118 e. The van der Waals surface area contributed by atoms with Gasteiger partial charge in [-0.15, -0.1) is 12.4 Å². The highest BCUT2D eigenvalue weighted by Gasteiger charge is 2.18. The van der Waals surface area contributed by atoms with E-state index in [1.165, 1.54) is 0 Å². The molecule has 0 bridgehead atoms. The Morgan fingerprint density at radius 3 is 2.25 bits per heavy atom. The summed E-state index contributed by atoms with van der Waals surface area (Å²) in [6.45, 7) is 7.04. The monoisotopic (exact) mass is 476 g/mol. The molecule has 1 aromatic heterocycles. The van der Waals surface area contributed by atoms with Crippen LogP contribution in [0.3, 0.4) is 0 Å². The van der Waals surface area contributed by atoms with Crippen LogP contribution in [0.4, 0.5) is 0 Å². The fourth-order valence-electron chi connectivity index (χ4n) is 3.81. The molecule has 0 saturated carbocycles. The number of ether oxygens (including phenoxy) is 1. The molecule has 0 fully saturated rings. The first-order chi connectivity index (χ1) is 15.0. The van der Waals surface area contributed by atoms with E-state index in [1.807, 2.05) is 48.5 Å². The van der Waals surface area contributed by atoms with Crippen LogP contribution in [-0.2, 0) is 0 Å². The van der Waals surface area contributed by atoms with Crippen molar-refractivity contribution < 1.29 is 9.84 Å². The van der Waals surface area contributed by atoms with Crippen LogP contribution in [-0.4, -0.2) is 41.7 Å². The van der Waals surface area contributed by atoms with Gasteiger partial charge in [-0.2, -0.15) is 0 Å². The van der Waals surface area contributed by atoms with Gasteiger partial charge >= 0.3 is 0 Å². The van der Waals surface area contributed by atoms with Gasteiger partial charge in [-0.25, -0.2) is 4.98 Å². The van der Waals surface area contributed by atoms with E-state index in [0.717, 1.165) is 72.2 Å². The van der Waals surface area contributed by atoms with Gasteiger partial charge in [0.25, 0.3) is 0 Å². The van der Waals surface area contributed by atoms with E-state index in [1.54, 1.807) is 7.11 Å². The zero-order chi connectivity index (χ0) is 22.2. The zero-order valence-corrected chi connectivity index (χ0v) is 20.8. The molecule has 174 valence electrons. The standard InChI is InChI=1S/C26H33ClN2O2.ClH/c1-4-6-14-29(15-7-5-2)18-26(30)23-17-24(19-8-11-21(31-3)12-9-19)28-25-16-20(27)10-13-22(23)25;/h8-13,16-17,26,30H,4-7,14-15,18H2,1-3H3;1H. The van der Waals surface area contributed by atoms with Gasteiger partial charge in [-0.1, -0.05) is 44.4 Å². The fraction of sp³-hybridized carbons (Fsp3) is 0.423. The molecule has 3 aromatic rings. The molecule has 0 spiro atoms. The molecule has 0 aliphatic heterocycles. The van der Waals surface area contributed by atoms with Crippen LogP contribution in [0.25, 0.3) is 22.2 Å². The Hall–Kier alpha value is -1.85. The minimum Gasteiger partial charge on any atom is -0.497 e. The number of pyridine rings is 1. The summed E-state index contributed by atoms with van der Waals surface area (Å²) in [6, 6.07) is 15.5. The maximum absolute atomic E-state index is 11.3. The van der Waals surface area contributed by atoms with E-state index in [9.17, 15) is 5.11 Å². The highest BCUT2D eigenvalue weighted by Crippen LogP contribution is 2.31. The first kappa shape index (κ1) is 26.4. The molecule has 0 saturated heterocycles. The van der Waals surface area contributed by atoms with Crippen molar-refractivity contribution in [3.8, 4) is 17.0 Å². The summed E-state index contributed by atoms with van der Waals surface area (Å²) in [5, 5.41) is 12.9. The number of nitrogens with zero attached hydrogens (tertiary/aromatic N) is 2. The molecule has 0 amide bonds. The summed E-state index contributed by atoms with van der Waals surface area (Å²) in [5.74, 6) is 0.801. The topological polar surface area (TPSA) is 45.6 Å². The van der Waals surface area contributed by atoms with Crippen molar-refractivity contribution in [2.24, 2.45) is 0 Å². The number of hydrogen-bond donors (Lipinski definition) is 1. The van der Waals surface area contributed by atoms with Gasteiger partial charge in [-0.3, -0.25) is 0 Å². The lowest BCUT2D eigenvalue weighted by molar-refractivity contribution is 0.112. The van der Waals surface area contributed by atoms with Crippen LogP contribution in [0.1, 0.15) is 51.2 Å². The van der Waals surface area contributed by atoms with Gasteiger partial charge in [0.05, 0.1) is 24.4 Å². The summed E-state index contributed by atoms with van der Waals surface area (Å²) in [6.07, 6.45) is 3.98. The van der Waals surface area contributed by atoms with Crippen molar-refractivity contribution in [3.05, 3.63) is 59.1 Å². The third-order valence-corrected chi connectivity index (χ3v) is 5.87. The number of halogens is 2. The molecular weight excluding hydrogens is 443 g/mol. The Balaban J connectivity index is 0.00000363. The highest BCUT2D eigenvalue weighted by molar-refractivity contribution is 6.31. The van der Waals surface area contributed by atoms with E-state index in [2.05, 4.69) is 18.7 Å². The molecule has 0 radical (unpaired) electrons. The number of aliphatic hydroxyl groups is 1. The van der Waals surface area contributed by atoms with Gasteiger partial charge in [0.1, 0.15) is 5.75 Å². The van der Waals surface area contributed by atoms with Gasteiger partial charge in [0.15, 0.2) is 0 Å². The Kier molecular flexibility index (Phi) is 10.7. The molecule has 1 atom stereocenters. The van der Waals surface area contributed by atoms with E-state index in [4.69, 9.17) is 21.3 Å². The molecule has 0 aliphatic carbocycles. The molecule has 1 N–H and O–H groups in total. The van der Waals surface area contributed by atoms with Gasteiger partial charge in [0, 0.05) is 22.5 Å². The number of hydrogen-bond acceptors (Lipinski definition) is 4. The van der Waals surface area contributed by atoms with Crippen molar-refractivity contribution in [1.29, 1.82) is 0 Å². The number of benzene rings is 2. The summed E-state index contributed by atoms with van der Waals surface area (Å²) in [7, 11) is 1.66. The number of fused-ring (bicyclic) bond motifs is 1. The summed E-state index contributed by atoms with van der Waals surface area (Å²) < 4.78 is 5.28. The normalized spacial score (nSPS) is 12.1. The molecule has 2 aromatic carbocycles. The van der Waals surface area contributed by atoms with Crippen molar-refractivity contribution >= 4 is 34.9 Å². The van der Waals surface area contributed by atoms with Gasteiger partial charge < -0.3 is 14.7 Å². The van der Waals surface area contributed by atoms with E-state index in [-0.39, 0.29) is 12.4 Å². The van der Waals surface area contributed by atoms with Gasteiger partial charge in [0.2, 0.25) is 0 Å². The quantitative estimate of drug-likeness (QED) is 0.326. The van der Waals surface area contributed by atoms with E-state index >= 15 is 0 Å². The molecule has 32 heavy (non-hydrogen) atoms. The lowest BCUT2D eigenvalue weighted by Crippen LogP contribution is -2.31. The Morgan fingerprint density at radius 1 is 1.00 bits per heavy atom. The highest BCUT2D eigenvalue weighted by atomic mass is 35.5. The SMILES string of the molecule is CCCCN(CCCC)CC(O)c1cc(-c2ccc(OC)cc2)nc2cc(Cl)ccc12.Cl. The van der Waals surface area contributed by atoms with Crippen molar-refractivity contribution in [1.82, 2.24) is 9.88 Å². The van der Waals surface area contributed by atoms with Crippen molar-refractivity contribution in [2.45, 2.75) is 45.6 Å². The molecule has 3 rings (SSSR count). The lowest BCUT2D eigenvalue weighted by atomic mass is 9.99. The molecule has 1 heterocycles. The molecule has 0 aliphatic rings. The summed E-state index contributed by atoms with van der Waals surface area (Å²) in [5.41, 5.74) is 3.49. The Morgan fingerprint density at radius 2 is 1.66 bits per heavy atom. The minimum atomic E-state index is -0.600. The number of aliphatic hydroxyl groups excluding tert-OH is 1. The van der Waals surface area contributed by atoms with Gasteiger partial charge in [-0.05, 0) is 74.0 Å². The predicted octanol–water partition coefficient (Wildman–Crippen LogP) is 6.92. The maximum Gasteiger partial charge on any atom is 0.118 e. The van der Waals surface area contributed by atoms with Crippen molar-refractivity contribution in [2.75, 3.05) is 26.7 Å². The van der Waals surface area contributed by atoms with Crippen LogP contribution in [0.2, 0.25) is 5.02 Å². The molecule has 1 unspecified atom stereocenters. The second-order valence-electron chi connectivity index (χ2n) is 8.01. The first-order valence-electron chi connectivity index (χ1n) is 11.2. The number of unbranched alkanes of at least 4 members (excludes halogenated alkanes) is 2. The van der Waals surface area contributed by atoms with E-state index in [0.29, 0.717) is 11.6 Å². The van der Waals surface area contributed by atoms with Crippen LogP contribution < -0.4 is 4.74 Å². The molecule has 6 heteroatoms. The summed E-state index contributed by atoms with van der Waals surface area (Å²) >= 11 is 6.26. The van der Waals surface area contributed by atoms with Crippen LogP contribution in [0.5, 0.6) is 5.75 Å². The maximum atomic E-state index is 11.3. The Labute approximate surface area is 203 Å². The van der Waals surface area contributed by atoms with E-state index < -0.39 is 6.10 Å². The van der Waals surface area contributed by atoms with Crippen LogP contribution in [0, 0.1) is 0 Å². The minimum absolute atomic E-state index is 0.